The van der Waals surface area contributed by atoms with Crippen LogP contribution in [0.25, 0.3) is 0 Å². The van der Waals surface area contributed by atoms with Crippen molar-refractivity contribution in [2.24, 2.45) is 5.41 Å². The van der Waals surface area contributed by atoms with Crippen molar-refractivity contribution in [3.05, 3.63) is 35.4 Å². The number of aliphatic hydroxyl groups is 1. The lowest BCUT2D eigenvalue weighted by molar-refractivity contribution is -0.00658. The molecule has 0 aromatic heterocycles. The number of hydrogen-bond acceptors (Lipinski definition) is 2. The van der Waals surface area contributed by atoms with E-state index in [2.05, 4.69) is 25.2 Å². The van der Waals surface area contributed by atoms with Gasteiger partial charge in [0.25, 0.3) is 6.43 Å². The van der Waals surface area contributed by atoms with Crippen LogP contribution in [0, 0.1) is 5.41 Å². The van der Waals surface area contributed by atoms with Crippen LogP contribution in [0.15, 0.2) is 24.3 Å². The number of halogens is 2. The number of alkyl halides is 2. The molecule has 1 aliphatic carbocycles. The van der Waals surface area contributed by atoms with Gasteiger partial charge >= 0.3 is 0 Å². The van der Waals surface area contributed by atoms with Crippen LogP contribution in [0.3, 0.4) is 0 Å². The predicted molar refractivity (Wildman–Crippen MR) is 66.7 cm³/mol. The third-order valence-electron chi connectivity index (χ3n) is 3.62. The van der Waals surface area contributed by atoms with Gasteiger partial charge in [-0.05, 0) is 23.0 Å². The summed E-state index contributed by atoms with van der Waals surface area (Å²) in [5.41, 5.74) is 2.39. The van der Waals surface area contributed by atoms with Crippen LogP contribution in [-0.4, -0.2) is 24.2 Å². The highest BCUT2D eigenvalue weighted by atomic mass is 19.3. The third-order valence-corrected chi connectivity index (χ3v) is 3.62. The van der Waals surface area contributed by atoms with E-state index in [0.29, 0.717) is 0 Å². The van der Waals surface area contributed by atoms with E-state index in [1.807, 2.05) is 18.2 Å². The molecule has 2 N–H and O–H groups in total. The molecule has 1 aromatic carbocycles. The summed E-state index contributed by atoms with van der Waals surface area (Å²) in [5, 5.41) is 12.3. The molecule has 1 aliphatic rings. The van der Waals surface area contributed by atoms with Gasteiger partial charge in [0.05, 0.1) is 0 Å². The van der Waals surface area contributed by atoms with Crippen molar-refractivity contribution in [2.75, 3.05) is 6.54 Å². The Morgan fingerprint density at radius 2 is 2.06 bits per heavy atom. The topological polar surface area (TPSA) is 32.3 Å². The Morgan fingerprint density at radius 1 is 1.39 bits per heavy atom. The second-order valence-corrected chi connectivity index (χ2v) is 5.61. The van der Waals surface area contributed by atoms with Crippen molar-refractivity contribution in [1.82, 2.24) is 5.32 Å². The predicted octanol–water partition coefficient (Wildman–Crippen LogP) is 2.53. The number of benzene rings is 1. The molecule has 0 heterocycles. The van der Waals surface area contributed by atoms with Crippen LogP contribution in [0.2, 0.25) is 0 Å². The Hall–Kier alpha value is -1.00. The zero-order valence-electron chi connectivity index (χ0n) is 10.7. The van der Waals surface area contributed by atoms with Gasteiger partial charge in [-0.1, -0.05) is 38.1 Å². The molecule has 2 rings (SSSR count). The van der Waals surface area contributed by atoms with Gasteiger partial charge in [-0.2, -0.15) is 0 Å². The van der Waals surface area contributed by atoms with E-state index in [0.717, 1.165) is 12.0 Å². The summed E-state index contributed by atoms with van der Waals surface area (Å²) in [4.78, 5) is 0. The maximum absolute atomic E-state index is 12.3. The first-order valence-electron chi connectivity index (χ1n) is 6.19. The molecule has 0 aliphatic heterocycles. The quantitative estimate of drug-likeness (QED) is 0.866. The van der Waals surface area contributed by atoms with Crippen LogP contribution < -0.4 is 5.32 Å². The van der Waals surface area contributed by atoms with Crippen molar-refractivity contribution in [1.29, 1.82) is 0 Å². The second-order valence-electron chi connectivity index (χ2n) is 5.61. The smallest absolute Gasteiger partial charge is 0.265 e. The minimum Gasteiger partial charge on any atom is -0.386 e. The van der Waals surface area contributed by atoms with E-state index < -0.39 is 12.5 Å². The molecule has 100 valence electrons. The first-order chi connectivity index (χ1) is 8.42. The van der Waals surface area contributed by atoms with Gasteiger partial charge in [-0.15, -0.1) is 0 Å². The first-order valence-corrected chi connectivity index (χ1v) is 6.19. The maximum Gasteiger partial charge on any atom is 0.265 e. The van der Waals surface area contributed by atoms with E-state index in [9.17, 15) is 13.9 Å². The Bertz CT molecular complexity index is 420. The summed E-state index contributed by atoms with van der Waals surface area (Å²) in [5.74, 6) is 0. The zero-order valence-corrected chi connectivity index (χ0v) is 10.7. The van der Waals surface area contributed by atoms with Crippen LogP contribution in [0.1, 0.15) is 31.0 Å². The fraction of sp³-hybridized carbons (Fsp3) is 0.571. The second kappa shape index (κ2) is 4.94. The summed E-state index contributed by atoms with van der Waals surface area (Å²) in [6.07, 6.45) is -3.38. The molecule has 0 radical (unpaired) electrons. The van der Waals surface area contributed by atoms with E-state index in [1.165, 1.54) is 5.56 Å². The SMILES string of the molecule is CC1(C)Cc2ccccc2C1NCC(O)C(F)F. The average Bonchev–Trinajstić information content (AvgIpc) is 2.55. The average molecular weight is 255 g/mol. The lowest BCUT2D eigenvalue weighted by Crippen LogP contribution is -2.38. The molecule has 2 unspecified atom stereocenters. The van der Waals surface area contributed by atoms with Gasteiger partial charge in [-0.25, -0.2) is 8.78 Å². The molecule has 0 saturated carbocycles. The summed E-state index contributed by atoms with van der Waals surface area (Å²) in [6, 6.07) is 8.06. The van der Waals surface area contributed by atoms with Crippen molar-refractivity contribution >= 4 is 0 Å². The monoisotopic (exact) mass is 255 g/mol. The van der Waals surface area contributed by atoms with E-state index in [4.69, 9.17) is 0 Å². The Labute approximate surface area is 106 Å². The Kier molecular flexibility index (Phi) is 3.69. The number of aliphatic hydroxyl groups excluding tert-OH is 1. The van der Waals surface area contributed by atoms with Gasteiger partial charge in [0.15, 0.2) is 0 Å². The molecular formula is C14H19F2NO. The van der Waals surface area contributed by atoms with Crippen LogP contribution in [0.4, 0.5) is 8.78 Å². The fourth-order valence-corrected chi connectivity index (χ4v) is 2.70. The molecule has 1 aromatic rings. The summed E-state index contributed by atoms with van der Waals surface area (Å²) < 4.78 is 24.6. The molecule has 2 nitrogen and oxygen atoms in total. The van der Waals surface area contributed by atoms with Crippen LogP contribution in [-0.2, 0) is 6.42 Å². The van der Waals surface area contributed by atoms with Gasteiger partial charge in [-0.3, -0.25) is 0 Å². The van der Waals surface area contributed by atoms with Crippen molar-refractivity contribution in [2.45, 2.75) is 38.8 Å². The van der Waals surface area contributed by atoms with Crippen molar-refractivity contribution in [3.63, 3.8) is 0 Å². The highest BCUT2D eigenvalue weighted by Crippen LogP contribution is 2.44. The number of hydrogen-bond donors (Lipinski definition) is 2. The number of fused-ring (bicyclic) bond motifs is 1. The molecule has 0 amide bonds. The van der Waals surface area contributed by atoms with Crippen molar-refractivity contribution < 1.29 is 13.9 Å². The maximum atomic E-state index is 12.3. The molecule has 0 bridgehead atoms. The van der Waals surface area contributed by atoms with E-state index >= 15 is 0 Å². The fourth-order valence-electron chi connectivity index (χ4n) is 2.70. The van der Waals surface area contributed by atoms with Crippen molar-refractivity contribution in [3.8, 4) is 0 Å². The molecule has 18 heavy (non-hydrogen) atoms. The molecule has 2 atom stereocenters. The minimum absolute atomic E-state index is 0.0158. The normalized spacial score (nSPS) is 23.1. The Morgan fingerprint density at radius 3 is 2.72 bits per heavy atom. The van der Waals surface area contributed by atoms with E-state index in [1.54, 1.807) is 0 Å². The van der Waals surface area contributed by atoms with Gasteiger partial charge in [0, 0.05) is 12.6 Å². The van der Waals surface area contributed by atoms with E-state index in [-0.39, 0.29) is 18.0 Å². The Balaban J connectivity index is 2.11. The molecule has 4 heteroatoms. The lowest BCUT2D eigenvalue weighted by atomic mass is 9.85. The number of rotatable bonds is 4. The largest absolute Gasteiger partial charge is 0.386 e. The van der Waals surface area contributed by atoms with Crippen LogP contribution in [0.5, 0.6) is 0 Å². The molecule has 0 fully saturated rings. The molecule has 0 spiro atoms. The zero-order chi connectivity index (χ0) is 13.3. The third kappa shape index (κ3) is 2.54. The molecular weight excluding hydrogens is 236 g/mol. The summed E-state index contributed by atoms with van der Waals surface area (Å²) >= 11 is 0. The summed E-state index contributed by atoms with van der Waals surface area (Å²) in [6.45, 7) is 4.14. The van der Waals surface area contributed by atoms with Gasteiger partial charge < -0.3 is 10.4 Å². The highest BCUT2D eigenvalue weighted by molar-refractivity contribution is 5.37. The van der Waals surface area contributed by atoms with Gasteiger partial charge in [0.1, 0.15) is 6.10 Å². The minimum atomic E-state index is -2.70. The standard InChI is InChI=1S/C14H19F2NO/c1-14(2)7-9-5-3-4-6-10(9)12(14)17-8-11(18)13(15)16/h3-6,11-13,17-18H,7-8H2,1-2H3. The molecule has 0 saturated heterocycles. The van der Waals surface area contributed by atoms with Gasteiger partial charge in [0.2, 0.25) is 0 Å². The first kappa shape index (κ1) is 13.4. The highest BCUT2D eigenvalue weighted by Gasteiger charge is 2.38. The lowest BCUT2D eigenvalue weighted by Gasteiger charge is -2.29. The summed E-state index contributed by atoms with van der Waals surface area (Å²) in [7, 11) is 0. The van der Waals surface area contributed by atoms with Crippen LogP contribution >= 0.6 is 0 Å². The number of nitrogens with one attached hydrogen (secondary N) is 1.